The average molecular weight is 493 g/mol. The summed E-state index contributed by atoms with van der Waals surface area (Å²) in [5, 5.41) is 2.61. The third-order valence-electron chi connectivity index (χ3n) is 8.32. The molecule has 3 aromatic carbocycles. The second kappa shape index (κ2) is 10.5. The maximum Gasteiger partial charge on any atom is 0.161 e. The van der Waals surface area contributed by atoms with Crippen molar-refractivity contribution in [2.45, 2.75) is 56.6 Å². The Hall–Kier alpha value is -3.37. The molecule has 0 radical (unpaired) electrons. The minimum Gasteiger partial charge on any atom is -0.493 e. The van der Waals surface area contributed by atoms with Crippen LogP contribution in [0.5, 0.6) is 11.5 Å². The van der Waals surface area contributed by atoms with Crippen LogP contribution in [0.1, 0.15) is 48.8 Å². The van der Waals surface area contributed by atoms with Crippen molar-refractivity contribution in [1.29, 1.82) is 0 Å². The molecule has 1 aliphatic carbocycles. The smallest absolute Gasteiger partial charge is 0.161 e. The van der Waals surface area contributed by atoms with Gasteiger partial charge >= 0.3 is 0 Å². The van der Waals surface area contributed by atoms with Gasteiger partial charge in [-0.05, 0) is 103 Å². The van der Waals surface area contributed by atoms with E-state index in [1.165, 1.54) is 40.3 Å². The molecule has 4 heteroatoms. The number of rotatable bonds is 8. The predicted molar refractivity (Wildman–Crippen MR) is 149 cm³/mol. The molecule has 37 heavy (non-hydrogen) atoms. The van der Waals surface area contributed by atoms with Gasteiger partial charge in [0.2, 0.25) is 0 Å². The van der Waals surface area contributed by atoms with Gasteiger partial charge in [-0.15, -0.1) is 0 Å². The fourth-order valence-corrected chi connectivity index (χ4v) is 6.35. The number of nitrogens with zero attached hydrogens (tertiary/aromatic N) is 2. The van der Waals surface area contributed by atoms with E-state index in [-0.39, 0.29) is 5.41 Å². The second-order valence-electron chi connectivity index (χ2n) is 10.8. The number of benzene rings is 3. The number of likely N-dealkylation sites (tertiary alicyclic amines) is 1. The molecular formula is C33H36N2O2. The Labute approximate surface area is 220 Å². The third-order valence-corrected chi connectivity index (χ3v) is 8.32. The SMILES string of the molecule is COc1ccc(C2(Cc3ccncc3)CCN(Cc3ccc4ccccc4c3)C2)cc1OC1CCCC1. The van der Waals surface area contributed by atoms with Crippen LogP contribution in [0, 0.1) is 0 Å². The van der Waals surface area contributed by atoms with E-state index >= 15 is 0 Å². The first-order chi connectivity index (χ1) is 18.2. The lowest BCUT2D eigenvalue weighted by Gasteiger charge is -2.31. The van der Waals surface area contributed by atoms with Gasteiger partial charge in [0.25, 0.3) is 0 Å². The number of hydrogen-bond acceptors (Lipinski definition) is 4. The van der Waals surface area contributed by atoms with Crippen molar-refractivity contribution in [2.24, 2.45) is 0 Å². The van der Waals surface area contributed by atoms with E-state index in [1.807, 2.05) is 12.4 Å². The van der Waals surface area contributed by atoms with Crippen molar-refractivity contribution in [3.05, 3.63) is 102 Å². The quantitative estimate of drug-likeness (QED) is 0.267. The number of aromatic nitrogens is 1. The Kier molecular flexibility index (Phi) is 6.84. The number of pyridine rings is 1. The summed E-state index contributed by atoms with van der Waals surface area (Å²) in [5.74, 6) is 1.73. The molecule has 0 N–H and O–H groups in total. The molecular weight excluding hydrogens is 456 g/mol. The lowest BCUT2D eigenvalue weighted by Crippen LogP contribution is -2.33. The van der Waals surface area contributed by atoms with Crippen LogP contribution in [0.2, 0.25) is 0 Å². The largest absolute Gasteiger partial charge is 0.493 e. The number of methoxy groups -OCH3 is 1. The Morgan fingerprint density at radius 2 is 1.68 bits per heavy atom. The van der Waals surface area contributed by atoms with Gasteiger partial charge in [0.1, 0.15) is 0 Å². The summed E-state index contributed by atoms with van der Waals surface area (Å²) in [5.41, 5.74) is 4.06. The van der Waals surface area contributed by atoms with Crippen molar-refractivity contribution in [3.8, 4) is 11.5 Å². The molecule has 6 rings (SSSR count). The topological polar surface area (TPSA) is 34.6 Å². The molecule has 0 spiro atoms. The monoisotopic (exact) mass is 492 g/mol. The molecule has 0 bridgehead atoms. The van der Waals surface area contributed by atoms with Gasteiger partial charge in [-0.25, -0.2) is 0 Å². The highest BCUT2D eigenvalue weighted by molar-refractivity contribution is 5.82. The zero-order chi connectivity index (χ0) is 25.1. The van der Waals surface area contributed by atoms with Gasteiger partial charge < -0.3 is 9.47 Å². The fourth-order valence-electron chi connectivity index (χ4n) is 6.35. The van der Waals surface area contributed by atoms with Gasteiger partial charge in [0, 0.05) is 30.9 Å². The van der Waals surface area contributed by atoms with Gasteiger partial charge in [0.05, 0.1) is 13.2 Å². The van der Waals surface area contributed by atoms with E-state index < -0.39 is 0 Å². The van der Waals surface area contributed by atoms with Gasteiger partial charge in [-0.1, -0.05) is 42.5 Å². The predicted octanol–water partition coefficient (Wildman–Crippen LogP) is 6.95. The molecule has 1 saturated carbocycles. The molecule has 4 aromatic rings. The van der Waals surface area contributed by atoms with Gasteiger partial charge in [0.15, 0.2) is 11.5 Å². The summed E-state index contributed by atoms with van der Waals surface area (Å²) in [6.07, 6.45) is 11.0. The van der Waals surface area contributed by atoms with Crippen molar-refractivity contribution in [2.75, 3.05) is 20.2 Å². The number of fused-ring (bicyclic) bond motifs is 1. The van der Waals surface area contributed by atoms with E-state index in [4.69, 9.17) is 9.47 Å². The maximum absolute atomic E-state index is 6.51. The summed E-state index contributed by atoms with van der Waals surface area (Å²) in [4.78, 5) is 6.88. The van der Waals surface area contributed by atoms with Gasteiger partial charge in [-0.2, -0.15) is 0 Å². The Bertz CT molecular complexity index is 1350. The van der Waals surface area contributed by atoms with E-state index in [1.54, 1.807) is 7.11 Å². The molecule has 1 saturated heterocycles. The molecule has 4 nitrogen and oxygen atoms in total. The normalized spacial score (nSPS) is 20.5. The lowest BCUT2D eigenvalue weighted by atomic mass is 9.75. The zero-order valence-corrected chi connectivity index (χ0v) is 21.7. The molecule has 2 heterocycles. The summed E-state index contributed by atoms with van der Waals surface area (Å²) >= 11 is 0. The van der Waals surface area contributed by atoms with Crippen LogP contribution in [-0.2, 0) is 18.4 Å². The van der Waals surface area contributed by atoms with Crippen LogP contribution >= 0.6 is 0 Å². The fraction of sp³-hybridized carbons (Fsp3) is 0.364. The Balaban J connectivity index is 1.30. The van der Waals surface area contributed by atoms with E-state index in [0.29, 0.717) is 6.10 Å². The minimum absolute atomic E-state index is 0.0122. The Morgan fingerprint density at radius 1 is 0.865 bits per heavy atom. The maximum atomic E-state index is 6.51. The van der Waals surface area contributed by atoms with E-state index in [9.17, 15) is 0 Å². The first-order valence-corrected chi connectivity index (χ1v) is 13.6. The average Bonchev–Trinajstić information content (AvgIpc) is 3.60. The summed E-state index contributed by atoms with van der Waals surface area (Å²) < 4.78 is 12.2. The van der Waals surface area contributed by atoms with E-state index in [0.717, 1.165) is 56.8 Å². The van der Waals surface area contributed by atoms with E-state index in [2.05, 4.69) is 82.7 Å². The number of ether oxygens (including phenoxy) is 2. The zero-order valence-electron chi connectivity index (χ0n) is 21.7. The van der Waals surface area contributed by atoms with Gasteiger partial charge in [-0.3, -0.25) is 9.88 Å². The molecule has 1 aromatic heterocycles. The minimum atomic E-state index is 0.0122. The highest BCUT2D eigenvalue weighted by Gasteiger charge is 2.40. The molecule has 190 valence electrons. The second-order valence-corrected chi connectivity index (χ2v) is 10.8. The van der Waals surface area contributed by atoms with Crippen LogP contribution in [0.3, 0.4) is 0 Å². The highest BCUT2D eigenvalue weighted by atomic mass is 16.5. The molecule has 0 amide bonds. The van der Waals surface area contributed by atoms with Crippen LogP contribution in [-0.4, -0.2) is 36.2 Å². The molecule has 1 aliphatic heterocycles. The summed E-state index contributed by atoms with van der Waals surface area (Å²) in [6.45, 7) is 3.05. The van der Waals surface area contributed by atoms with Crippen molar-refractivity contribution in [1.82, 2.24) is 9.88 Å². The van der Waals surface area contributed by atoms with Crippen LogP contribution < -0.4 is 9.47 Å². The van der Waals surface area contributed by atoms with Crippen LogP contribution in [0.15, 0.2) is 85.2 Å². The van der Waals surface area contributed by atoms with Crippen LogP contribution in [0.4, 0.5) is 0 Å². The highest BCUT2D eigenvalue weighted by Crippen LogP contribution is 2.42. The Morgan fingerprint density at radius 3 is 2.49 bits per heavy atom. The standard InChI is InChI=1S/C33H36N2O2/c1-36-31-13-12-29(21-32(31)37-30-8-4-5-9-30)33(22-25-14-17-34-18-15-25)16-19-35(24-33)23-26-10-11-27-6-2-3-7-28(27)20-26/h2-3,6-7,10-15,17-18,20-21,30H,4-5,8-9,16,19,22-24H2,1H3. The molecule has 1 atom stereocenters. The van der Waals surface area contributed by atoms with Crippen molar-refractivity contribution < 1.29 is 9.47 Å². The van der Waals surface area contributed by atoms with Crippen molar-refractivity contribution >= 4 is 10.8 Å². The van der Waals surface area contributed by atoms with Crippen molar-refractivity contribution in [3.63, 3.8) is 0 Å². The molecule has 1 unspecified atom stereocenters. The third kappa shape index (κ3) is 5.21. The van der Waals surface area contributed by atoms with Crippen LogP contribution in [0.25, 0.3) is 10.8 Å². The number of hydrogen-bond donors (Lipinski definition) is 0. The summed E-state index contributed by atoms with van der Waals surface area (Å²) in [7, 11) is 1.74. The molecule has 2 aliphatic rings. The first kappa shape index (κ1) is 24.0. The first-order valence-electron chi connectivity index (χ1n) is 13.6. The lowest BCUT2D eigenvalue weighted by molar-refractivity contribution is 0.200. The molecule has 2 fully saturated rings. The summed E-state index contributed by atoms with van der Waals surface area (Å²) in [6, 6.07) is 26.5.